The standard InChI is InChI=1S/C9H15NO4/c1-3-4-10(6-8(11)12)5-7(2)9(13)14/h3,7H,1,4-6H2,2H3,(H,11,12)(H,13,14). The normalized spacial score (nSPS) is 12.4. The van der Waals surface area contributed by atoms with Crippen molar-refractivity contribution in [2.24, 2.45) is 5.92 Å². The number of carboxylic acid groups (broad SMARTS) is 2. The zero-order valence-electron chi connectivity index (χ0n) is 8.14. The second-order valence-corrected chi connectivity index (χ2v) is 3.12. The highest BCUT2D eigenvalue weighted by atomic mass is 16.4. The van der Waals surface area contributed by atoms with Crippen LogP contribution < -0.4 is 0 Å². The van der Waals surface area contributed by atoms with Gasteiger partial charge in [0, 0.05) is 13.1 Å². The zero-order chi connectivity index (χ0) is 11.1. The fraction of sp³-hybridized carbons (Fsp3) is 0.556. The molecule has 80 valence electrons. The predicted octanol–water partition coefficient (Wildman–Crippen LogP) is 0.280. The Labute approximate surface area is 82.6 Å². The Morgan fingerprint density at radius 3 is 2.43 bits per heavy atom. The van der Waals surface area contributed by atoms with E-state index in [9.17, 15) is 9.59 Å². The van der Waals surface area contributed by atoms with Gasteiger partial charge in [-0.05, 0) is 0 Å². The quantitative estimate of drug-likeness (QED) is 0.578. The Bertz CT molecular complexity index is 227. The molecule has 5 heteroatoms. The van der Waals surface area contributed by atoms with Crippen LogP contribution in [-0.4, -0.2) is 46.7 Å². The minimum Gasteiger partial charge on any atom is -0.481 e. The lowest BCUT2D eigenvalue weighted by atomic mass is 10.1. The summed E-state index contributed by atoms with van der Waals surface area (Å²) in [5, 5.41) is 17.2. The largest absolute Gasteiger partial charge is 0.481 e. The van der Waals surface area contributed by atoms with Crippen molar-refractivity contribution in [1.29, 1.82) is 0 Å². The molecule has 0 radical (unpaired) electrons. The molecule has 0 rings (SSSR count). The van der Waals surface area contributed by atoms with Crippen LogP contribution in [0.5, 0.6) is 0 Å². The van der Waals surface area contributed by atoms with Crippen LogP contribution in [0, 0.1) is 5.92 Å². The molecular formula is C9H15NO4. The van der Waals surface area contributed by atoms with E-state index in [1.165, 1.54) is 4.90 Å². The summed E-state index contributed by atoms with van der Waals surface area (Å²) in [6.07, 6.45) is 1.55. The van der Waals surface area contributed by atoms with Crippen LogP contribution in [0.15, 0.2) is 12.7 Å². The number of rotatable bonds is 7. The molecule has 0 bridgehead atoms. The van der Waals surface area contributed by atoms with Crippen molar-refractivity contribution in [2.75, 3.05) is 19.6 Å². The van der Waals surface area contributed by atoms with Gasteiger partial charge in [-0.1, -0.05) is 13.0 Å². The maximum Gasteiger partial charge on any atom is 0.317 e. The molecule has 0 aliphatic rings. The summed E-state index contributed by atoms with van der Waals surface area (Å²) in [6, 6.07) is 0. The van der Waals surface area contributed by atoms with E-state index in [1.807, 2.05) is 0 Å². The second-order valence-electron chi connectivity index (χ2n) is 3.12. The highest BCUT2D eigenvalue weighted by molar-refractivity contribution is 5.71. The van der Waals surface area contributed by atoms with Gasteiger partial charge in [0.05, 0.1) is 12.5 Å². The van der Waals surface area contributed by atoms with E-state index in [2.05, 4.69) is 6.58 Å². The fourth-order valence-corrected chi connectivity index (χ4v) is 1.04. The van der Waals surface area contributed by atoms with Gasteiger partial charge in [0.2, 0.25) is 0 Å². The van der Waals surface area contributed by atoms with Gasteiger partial charge >= 0.3 is 11.9 Å². The molecule has 0 saturated heterocycles. The molecule has 1 atom stereocenters. The van der Waals surface area contributed by atoms with Crippen molar-refractivity contribution in [2.45, 2.75) is 6.92 Å². The highest BCUT2D eigenvalue weighted by Crippen LogP contribution is 2.00. The first-order valence-corrected chi connectivity index (χ1v) is 4.25. The van der Waals surface area contributed by atoms with Crippen molar-refractivity contribution in [1.82, 2.24) is 4.90 Å². The fourth-order valence-electron chi connectivity index (χ4n) is 1.04. The van der Waals surface area contributed by atoms with E-state index in [0.29, 0.717) is 6.54 Å². The molecular weight excluding hydrogens is 186 g/mol. The molecule has 0 spiro atoms. The molecule has 0 fully saturated rings. The maximum atomic E-state index is 10.5. The maximum absolute atomic E-state index is 10.5. The molecule has 0 saturated carbocycles. The Kier molecular flexibility index (Phi) is 5.55. The van der Waals surface area contributed by atoms with E-state index >= 15 is 0 Å². The van der Waals surface area contributed by atoms with Gasteiger partial charge in [-0.15, -0.1) is 6.58 Å². The number of hydrogen-bond donors (Lipinski definition) is 2. The first-order valence-electron chi connectivity index (χ1n) is 4.25. The Morgan fingerprint density at radius 2 is 2.07 bits per heavy atom. The third-order valence-electron chi connectivity index (χ3n) is 1.70. The third kappa shape index (κ3) is 5.31. The van der Waals surface area contributed by atoms with Crippen LogP contribution in [0.1, 0.15) is 6.92 Å². The molecule has 0 aromatic heterocycles. The molecule has 0 aromatic rings. The van der Waals surface area contributed by atoms with Crippen LogP contribution in [0.25, 0.3) is 0 Å². The summed E-state index contributed by atoms with van der Waals surface area (Å²) < 4.78 is 0. The van der Waals surface area contributed by atoms with Gasteiger partial charge in [-0.25, -0.2) is 0 Å². The van der Waals surface area contributed by atoms with Crippen LogP contribution in [0.3, 0.4) is 0 Å². The number of aliphatic carboxylic acids is 2. The van der Waals surface area contributed by atoms with Gasteiger partial charge in [-0.3, -0.25) is 14.5 Å². The molecule has 5 nitrogen and oxygen atoms in total. The molecule has 2 N–H and O–H groups in total. The summed E-state index contributed by atoms with van der Waals surface area (Å²) in [4.78, 5) is 22.5. The summed E-state index contributed by atoms with van der Waals surface area (Å²) >= 11 is 0. The number of carbonyl (C=O) groups is 2. The summed E-state index contributed by atoms with van der Waals surface area (Å²) in [7, 11) is 0. The lowest BCUT2D eigenvalue weighted by molar-refractivity contribution is -0.144. The molecule has 14 heavy (non-hydrogen) atoms. The van der Waals surface area contributed by atoms with Crippen molar-refractivity contribution in [3.63, 3.8) is 0 Å². The van der Waals surface area contributed by atoms with Gasteiger partial charge in [0.1, 0.15) is 0 Å². The lowest BCUT2D eigenvalue weighted by Gasteiger charge is -2.20. The Balaban J connectivity index is 4.13. The van der Waals surface area contributed by atoms with Gasteiger partial charge in [-0.2, -0.15) is 0 Å². The summed E-state index contributed by atoms with van der Waals surface area (Å²) in [5.41, 5.74) is 0. The molecule has 0 aliphatic heterocycles. The number of nitrogens with zero attached hydrogens (tertiary/aromatic N) is 1. The zero-order valence-corrected chi connectivity index (χ0v) is 8.14. The van der Waals surface area contributed by atoms with E-state index in [4.69, 9.17) is 10.2 Å². The molecule has 0 amide bonds. The summed E-state index contributed by atoms with van der Waals surface area (Å²) in [6.45, 7) is 5.45. The average molecular weight is 201 g/mol. The first-order chi connectivity index (χ1) is 6.47. The first kappa shape index (κ1) is 12.6. The lowest BCUT2D eigenvalue weighted by Crippen LogP contribution is -2.35. The Hall–Kier alpha value is -1.36. The van der Waals surface area contributed by atoms with Gasteiger partial charge in [0.25, 0.3) is 0 Å². The minimum atomic E-state index is -0.968. The molecule has 0 aliphatic carbocycles. The van der Waals surface area contributed by atoms with Crippen molar-refractivity contribution >= 4 is 11.9 Å². The van der Waals surface area contributed by atoms with Crippen LogP contribution in [0.2, 0.25) is 0 Å². The molecule has 1 unspecified atom stereocenters. The smallest absolute Gasteiger partial charge is 0.317 e. The van der Waals surface area contributed by atoms with E-state index < -0.39 is 17.9 Å². The summed E-state index contributed by atoms with van der Waals surface area (Å²) in [5.74, 6) is -2.47. The third-order valence-corrected chi connectivity index (χ3v) is 1.70. The Morgan fingerprint density at radius 1 is 1.50 bits per heavy atom. The van der Waals surface area contributed by atoms with Crippen molar-refractivity contribution in [3.8, 4) is 0 Å². The number of hydrogen-bond acceptors (Lipinski definition) is 3. The van der Waals surface area contributed by atoms with E-state index in [1.54, 1.807) is 13.0 Å². The highest BCUT2D eigenvalue weighted by Gasteiger charge is 2.16. The average Bonchev–Trinajstić information content (AvgIpc) is 2.02. The monoisotopic (exact) mass is 201 g/mol. The topological polar surface area (TPSA) is 77.8 Å². The SMILES string of the molecule is C=CCN(CC(=O)O)CC(C)C(=O)O. The van der Waals surface area contributed by atoms with Crippen molar-refractivity contribution < 1.29 is 19.8 Å². The number of carboxylic acids is 2. The van der Waals surface area contributed by atoms with Crippen LogP contribution in [0.4, 0.5) is 0 Å². The van der Waals surface area contributed by atoms with Gasteiger partial charge < -0.3 is 10.2 Å². The van der Waals surface area contributed by atoms with Gasteiger partial charge in [0.15, 0.2) is 0 Å². The van der Waals surface area contributed by atoms with Crippen molar-refractivity contribution in [3.05, 3.63) is 12.7 Å². The molecule has 0 aromatic carbocycles. The van der Waals surface area contributed by atoms with Crippen LogP contribution in [-0.2, 0) is 9.59 Å². The predicted molar refractivity (Wildman–Crippen MR) is 51.1 cm³/mol. The van der Waals surface area contributed by atoms with E-state index in [0.717, 1.165) is 0 Å². The minimum absolute atomic E-state index is 0.163. The van der Waals surface area contributed by atoms with E-state index in [-0.39, 0.29) is 13.1 Å². The van der Waals surface area contributed by atoms with Crippen LogP contribution >= 0.6 is 0 Å². The molecule has 0 heterocycles. The second kappa shape index (κ2) is 6.15.